The fourth-order valence-corrected chi connectivity index (χ4v) is 3.39. The SMILES string of the molecule is O=C(O)NCCCCCCCCNc1nc(Nc2ccc(C(=O)NCCCCl)cc2)nc(OCC(F)(F)F)n1. The van der Waals surface area contributed by atoms with Gasteiger partial charge in [0.1, 0.15) is 0 Å². The van der Waals surface area contributed by atoms with Gasteiger partial charge in [0.05, 0.1) is 0 Å². The van der Waals surface area contributed by atoms with Crippen molar-refractivity contribution >= 4 is 41.2 Å². The number of carbonyl (C=O) groups is 2. The second-order valence-electron chi connectivity index (χ2n) is 8.45. The third kappa shape index (κ3) is 14.3. The number of ether oxygens (including phenoxy) is 1. The number of nitrogens with one attached hydrogen (secondary N) is 4. The first-order valence-electron chi connectivity index (χ1n) is 12.5. The van der Waals surface area contributed by atoms with Crippen LogP contribution in [0, 0.1) is 0 Å². The van der Waals surface area contributed by atoms with Crippen LogP contribution in [0.2, 0.25) is 0 Å². The minimum Gasteiger partial charge on any atom is -0.465 e. The van der Waals surface area contributed by atoms with Gasteiger partial charge in [-0.15, -0.1) is 11.6 Å². The lowest BCUT2D eigenvalue weighted by Gasteiger charge is -2.12. The molecule has 2 aromatic rings. The van der Waals surface area contributed by atoms with Crippen molar-refractivity contribution < 1.29 is 32.6 Å². The largest absolute Gasteiger partial charge is 0.465 e. The molecule has 0 saturated carbocycles. The molecule has 2 amide bonds. The Kier molecular flexibility index (Phi) is 13.9. The molecule has 0 bridgehead atoms. The molecule has 11 nitrogen and oxygen atoms in total. The van der Waals surface area contributed by atoms with E-state index in [0.29, 0.717) is 43.2 Å². The third-order valence-electron chi connectivity index (χ3n) is 5.14. The summed E-state index contributed by atoms with van der Waals surface area (Å²) in [6, 6.07) is 5.91. The zero-order valence-electron chi connectivity index (χ0n) is 21.3. The van der Waals surface area contributed by atoms with Gasteiger partial charge in [0, 0.05) is 36.8 Å². The maximum Gasteiger partial charge on any atom is 0.422 e. The van der Waals surface area contributed by atoms with E-state index in [2.05, 4.69) is 36.2 Å². The molecular formula is C24H33ClF3N7O4. The van der Waals surface area contributed by atoms with Crippen molar-refractivity contribution in [2.75, 3.05) is 42.8 Å². The number of alkyl halides is 4. The Balaban J connectivity index is 1.91. The van der Waals surface area contributed by atoms with Crippen LogP contribution in [0.5, 0.6) is 6.01 Å². The van der Waals surface area contributed by atoms with Crippen LogP contribution >= 0.6 is 11.6 Å². The van der Waals surface area contributed by atoms with Gasteiger partial charge in [-0.05, 0) is 43.5 Å². The smallest absolute Gasteiger partial charge is 0.422 e. The monoisotopic (exact) mass is 575 g/mol. The van der Waals surface area contributed by atoms with Crippen molar-refractivity contribution in [3.8, 4) is 6.01 Å². The van der Waals surface area contributed by atoms with E-state index in [-0.39, 0.29) is 17.8 Å². The van der Waals surface area contributed by atoms with E-state index in [4.69, 9.17) is 21.4 Å². The number of hydrogen-bond acceptors (Lipinski definition) is 8. The molecule has 0 aliphatic carbocycles. The van der Waals surface area contributed by atoms with Gasteiger partial charge < -0.3 is 31.1 Å². The second-order valence-corrected chi connectivity index (χ2v) is 8.83. The maximum atomic E-state index is 12.6. The van der Waals surface area contributed by atoms with Crippen LogP contribution in [0.3, 0.4) is 0 Å². The Labute approximate surface area is 229 Å². The Morgan fingerprint density at radius 2 is 1.46 bits per heavy atom. The van der Waals surface area contributed by atoms with Crippen LogP contribution in [0.15, 0.2) is 24.3 Å². The number of hydrogen-bond donors (Lipinski definition) is 5. The van der Waals surface area contributed by atoms with Crippen LogP contribution in [0.25, 0.3) is 0 Å². The highest BCUT2D eigenvalue weighted by Gasteiger charge is 2.29. The molecule has 39 heavy (non-hydrogen) atoms. The van der Waals surface area contributed by atoms with Crippen LogP contribution in [0.1, 0.15) is 55.3 Å². The van der Waals surface area contributed by atoms with E-state index in [9.17, 15) is 22.8 Å². The maximum absolute atomic E-state index is 12.6. The van der Waals surface area contributed by atoms with Gasteiger partial charge in [-0.2, -0.15) is 28.1 Å². The minimum atomic E-state index is -4.56. The fourth-order valence-electron chi connectivity index (χ4n) is 3.26. The second kappa shape index (κ2) is 17.1. The van der Waals surface area contributed by atoms with Gasteiger partial charge in [0.25, 0.3) is 5.91 Å². The molecule has 1 aromatic carbocycles. The van der Waals surface area contributed by atoms with E-state index in [0.717, 1.165) is 38.5 Å². The van der Waals surface area contributed by atoms with Crippen molar-refractivity contribution in [3.63, 3.8) is 0 Å². The topological polar surface area (TPSA) is 150 Å². The standard InChI is InChI=1S/C24H33ClF3N7O4/c25-12-7-15-29-19(36)17-8-10-18(11-9-17)32-21-33-20(34-22(35-21)39-16-24(26,27)28)30-13-5-3-1-2-4-6-14-31-23(37)38/h8-11,31H,1-7,12-16H2,(H,29,36)(H,37,38)(H2,30,32,33,34,35). The molecule has 0 spiro atoms. The molecule has 0 aliphatic rings. The first-order chi connectivity index (χ1) is 18.7. The minimum absolute atomic E-state index is 0.0287. The summed E-state index contributed by atoms with van der Waals surface area (Å²) < 4.78 is 42.7. The summed E-state index contributed by atoms with van der Waals surface area (Å²) in [4.78, 5) is 34.6. The van der Waals surface area contributed by atoms with Crippen molar-refractivity contribution in [3.05, 3.63) is 29.8 Å². The first kappa shape index (κ1) is 31.7. The van der Waals surface area contributed by atoms with Crippen molar-refractivity contribution in [2.24, 2.45) is 0 Å². The number of aromatic nitrogens is 3. The Hall–Kier alpha value is -3.55. The number of anilines is 3. The molecular weight excluding hydrogens is 543 g/mol. The van der Waals surface area contributed by atoms with Crippen LogP contribution in [0.4, 0.5) is 35.5 Å². The van der Waals surface area contributed by atoms with Crippen molar-refractivity contribution in [2.45, 2.75) is 51.1 Å². The highest BCUT2D eigenvalue weighted by Crippen LogP contribution is 2.20. The summed E-state index contributed by atoms with van der Waals surface area (Å²) in [5.74, 6) is 0.214. The summed E-state index contributed by atoms with van der Waals surface area (Å²) in [6.07, 6.45) is 0.345. The number of carbonyl (C=O) groups excluding carboxylic acids is 1. The molecule has 0 radical (unpaired) electrons. The van der Waals surface area contributed by atoms with E-state index in [1.54, 1.807) is 24.3 Å². The number of nitrogens with zero attached hydrogens (tertiary/aromatic N) is 3. The summed E-state index contributed by atoms with van der Waals surface area (Å²) in [5.41, 5.74) is 0.934. The summed E-state index contributed by atoms with van der Waals surface area (Å²) >= 11 is 5.61. The van der Waals surface area contributed by atoms with E-state index >= 15 is 0 Å². The summed E-state index contributed by atoms with van der Waals surface area (Å²) in [6.45, 7) is -0.183. The Bertz CT molecular complexity index is 1030. The highest BCUT2D eigenvalue weighted by molar-refractivity contribution is 6.17. The average Bonchev–Trinajstić information content (AvgIpc) is 2.88. The van der Waals surface area contributed by atoms with Gasteiger partial charge in [-0.3, -0.25) is 4.79 Å². The van der Waals surface area contributed by atoms with Crippen molar-refractivity contribution in [1.82, 2.24) is 25.6 Å². The van der Waals surface area contributed by atoms with Gasteiger partial charge in [-0.1, -0.05) is 25.7 Å². The molecule has 1 aromatic heterocycles. The lowest BCUT2D eigenvalue weighted by Crippen LogP contribution is -2.24. The normalized spacial score (nSPS) is 11.1. The molecule has 0 aliphatic heterocycles. The predicted octanol–water partition coefficient (Wildman–Crippen LogP) is 4.94. The number of carboxylic acid groups (broad SMARTS) is 1. The lowest BCUT2D eigenvalue weighted by atomic mass is 10.1. The van der Waals surface area contributed by atoms with E-state index in [1.807, 2.05) is 0 Å². The Morgan fingerprint density at radius 3 is 2.10 bits per heavy atom. The molecule has 5 N–H and O–H groups in total. The Morgan fingerprint density at radius 1 is 0.846 bits per heavy atom. The summed E-state index contributed by atoms with van der Waals surface area (Å²) in [7, 11) is 0. The average molecular weight is 576 g/mol. The first-order valence-corrected chi connectivity index (χ1v) is 13.1. The molecule has 0 saturated heterocycles. The molecule has 1 heterocycles. The predicted molar refractivity (Wildman–Crippen MR) is 141 cm³/mol. The fraction of sp³-hybridized carbons (Fsp3) is 0.542. The number of amides is 2. The number of rotatable bonds is 18. The zero-order valence-corrected chi connectivity index (χ0v) is 22.1. The van der Waals surface area contributed by atoms with Gasteiger partial charge in [0.15, 0.2) is 6.61 Å². The zero-order chi connectivity index (χ0) is 28.5. The van der Waals surface area contributed by atoms with Gasteiger partial charge in [0.2, 0.25) is 11.9 Å². The number of benzene rings is 1. The lowest BCUT2D eigenvalue weighted by molar-refractivity contribution is -0.154. The van der Waals surface area contributed by atoms with Crippen LogP contribution in [-0.4, -0.2) is 70.4 Å². The molecule has 0 unspecified atom stereocenters. The van der Waals surface area contributed by atoms with Crippen molar-refractivity contribution in [1.29, 1.82) is 0 Å². The highest BCUT2D eigenvalue weighted by atomic mass is 35.5. The molecule has 15 heteroatoms. The molecule has 0 atom stereocenters. The van der Waals surface area contributed by atoms with Gasteiger partial charge in [-0.25, -0.2) is 4.79 Å². The van der Waals surface area contributed by atoms with Gasteiger partial charge >= 0.3 is 18.3 Å². The molecule has 2 rings (SSSR count). The van der Waals surface area contributed by atoms with E-state index in [1.165, 1.54) is 0 Å². The van der Waals surface area contributed by atoms with E-state index < -0.39 is 24.9 Å². The number of unbranched alkanes of at least 4 members (excludes halogenated alkanes) is 5. The molecule has 216 valence electrons. The van der Waals surface area contributed by atoms with Crippen LogP contribution < -0.4 is 26.0 Å². The third-order valence-corrected chi connectivity index (χ3v) is 5.41. The quantitative estimate of drug-likeness (QED) is 0.123. The number of halogens is 4. The molecule has 0 fully saturated rings. The summed E-state index contributed by atoms with van der Waals surface area (Å²) in [5, 5.41) is 19.5. The van der Waals surface area contributed by atoms with Crippen LogP contribution in [-0.2, 0) is 0 Å².